The summed E-state index contributed by atoms with van der Waals surface area (Å²) in [5, 5.41) is 8.69. The summed E-state index contributed by atoms with van der Waals surface area (Å²) in [5.41, 5.74) is 6.45. The lowest BCUT2D eigenvalue weighted by atomic mass is 10.1. The number of nitrogens with two attached hydrogens (primary N) is 1. The van der Waals surface area contributed by atoms with Crippen LogP contribution in [0.4, 0.5) is 0 Å². The van der Waals surface area contributed by atoms with Gasteiger partial charge in [-0.3, -0.25) is 0 Å². The number of methoxy groups -OCH3 is 3. The third-order valence-corrected chi connectivity index (χ3v) is 2.35. The Labute approximate surface area is 101 Å². The molecule has 0 aliphatic carbocycles. The van der Waals surface area contributed by atoms with Gasteiger partial charge < -0.3 is 19.9 Å². The number of hydrogen-bond acceptors (Lipinski definition) is 5. The second-order valence-electron chi connectivity index (χ2n) is 3.47. The molecular weight excluding hydrogens is 220 g/mol. The van der Waals surface area contributed by atoms with Gasteiger partial charge in [-0.1, -0.05) is 0 Å². The Balaban J connectivity index is 3.14. The first-order valence-electron chi connectivity index (χ1n) is 5.10. The quantitative estimate of drug-likeness (QED) is 0.828. The molecule has 0 heterocycles. The molecule has 1 atom stereocenters. The Kier molecular flexibility index (Phi) is 4.61. The van der Waals surface area contributed by atoms with Crippen LogP contribution >= 0.6 is 0 Å². The molecule has 0 aromatic heterocycles. The van der Waals surface area contributed by atoms with Crippen molar-refractivity contribution >= 4 is 0 Å². The molecule has 17 heavy (non-hydrogen) atoms. The van der Waals surface area contributed by atoms with E-state index in [2.05, 4.69) is 0 Å². The van der Waals surface area contributed by atoms with Crippen molar-refractivity contribution < 1.29 is 14.2 Å². The van der Waals surface area contributed by atoms with Crippen LogP contribution in [0.1, 0.15) is 5.56 Å². The van der Waals surface area contributed by atoms with Crippen molar-refractivity contribution in [2.45, 2.75) is 12.5 Å². The minimum Gasteiger partial charge on any atom is -0.493 e. The predicted molar refractivity (Wildman–Crippen MR) is 63.4 cm³/mol. The monoisotopic (exact) mass is 236 g/mol. The van der Waals surface area contributed by atoms with Gasteiger partial charge in [0.15, 0.2) is 11.5 Å². The molecule has 0 aliphatic heterocycles. The predicted octanol–water partition coefficient (Wildman–Crippen LogP) is 1.11. The van der Waals surface area contributed by atoms with Crippen molar-refractivity contribution in [3.8, 4) is 23.3 Å². The van der Waals surface area contributed by atoms with Gasteiger partial charge in [-0.25, -0.2) is 0 Å². The third-order valence-electron chi connectivity index (χ3n) is 2.35. The van der Waals surface area contributed by atoms with Crippen LogP contribution in [0.15, 0.2) is 12.1 Å². The van der Waals surface area contributed by atoms with E-state index < -0.39 is 6.04 Å². The van der Waals surface area contributed by atoms with Gasteiger partial charge in [0.1, 0.15) is 0 Å². The van der Waals surface area contributed by atoms with E-state index in [9.17, 15) is 0 Å². The maximum absolute atomic E-state index is 8.69. The van der Waals surface area contributed by atoms with Crippen molar-refractivity contribution in [2.24, 2.45) is 5.73 Å². The summed E-state index contributed by atoms with van der Waals surface area (Å²) >= 11 is 0. The highest BCUT2D eigenvalue weighted by atomic mass is 16.5. The van der Waals surface area contributed by atoms with Crippen molar-refractivity contribution in [3.05, 3.63) is 17.7 Å². The molecule has 5 nitrogen and oxygen atoms in total. The Morgan fingerprint density at radius 3 is 2.06 bits per heavy atom. The Bertz CT molecular complexity index is 401. The van der Waals surface area contributed by atoms with Crippen molar-refractivity contribution in [2.75, 3.05) is 21.3 Å². The molecule has 1 aromatic rings. The molecule has 0 saturated carbocycles. The first-order chi connectivity index (χ1) is 8.15. The van der Waals surface area contributed by atoms with Crippen molar-refractivity contribution in [3.63, 3.8) is 0 Å². The Morgan fingerprint density at radius 1 is 1.18 bits per heavy atom. The number of ether oxygens (including phenoxy) is 3. The topological polar surface area (TPSA) is 77.5 Å². The highest BCUT2D eigenvalue weighted by Crippen LogP contribution is 2.38. The fraction of sp³-hybridized carbons (Fsp3) is 0.417. The van der Waals surface area contributed by atoms with E-state index in [0.717, 1.165) is 5.56 Å². The maximum Gasteiger partial charge on any atom is 0.203 e. The normalized spacial score (nSPS) is 11.5. The van der Waals surface area contributed by atoms with Crippen LogP contribution in [0.2, 0.25) is 0 Å². The zero-order valence-electron chi connectivity index (χ0n) is 10.2. The molecule has 1 aromatic carbocycles. The molecular formula is C12H16N2O3. The number of nitriles is 1. The van der Waals surface area contributed by atoms with Crippen LogP contribution < -0.4 is 19.9 Å². The summed E-state index contributed by atoms with van der Waals surface area (Å²) in [4.78, 5) is 0. The molecule has 92 valence electrons. The van der Waals surface area contributed by atoms with Gasteiger partial charge in [0.25, 0.3) is 0 Å². The number of rotatable bonds is 5. The summed E-state index contributed by atoms with van der Waals surface area (Å²) in [6.07, 6.45) is 0.438. The molecule has 1 rings (SSSR count). The molecule has 0 amide bonds. The van der Waals surface area contributed by atoms with Crippen LogP contribution in [0.5, 0.6) is 17.2 Å². The van der Waals surface area contributed by atoms with Gasteiger partial charge in [-0.2, -0.15) is 5.26 Å². The Morgan fingerprint density at radius 2 is 1.71 bits per heavy atom. The molecule has 5 heteroatoms. The van der Waals surface area contributed by atoms with Crippen molar-refractivity contribution in [1.29, 1.82) is 5.26 Å². The number of hydrogen-bond donors (Lipinski definition) is 1. The molecule has 1 unspecified atom stereocenters. The third kappa shape index (κ3) is 3.02. The van der Waals surface area contributed by atoms with Crippen LogP contribution in [0, 0.1) is 11.3 Å². The van der Waals surface area contributed by atoms with E-state index in [4.69, 9.17) is 25.2 Å². The van der Waals surface area contributed by atoms with E-state index in [-0.39, 0.29) is 0 Å². The second-order valence-corrected chi connectivity index (χ2v) is 3.47. The molecule has 2 N–H and O–H groups in total. The molecule has 0 bridgehead atoms. The van der Waals surface area contributed by atoms with Crippen LogP contribution in [0.25, 0.3) is 0 Å². The summed E-state index contributed by atoms with van der Waals surface area (Å²) in [5.74, 6) is 1.66. The van der Waals surface area contributed by atoms with E-state index in [1.807, 2.05) is 6.07 Å². The van der Waals surface area contributed by atoms with Gasteiger partial charge >= 0.3 is 0 Å². The number of benzene rings is 1. The lowest BCUT2D eigenvalue weighted by Crippen LogP contribution is -2.20. The zero-order valence-corrected chi connectivity index (χ0v) is 10.2. The van der Waals surface area contributed by atoms with Crippen LogP contribution in [-0.4, -0.2) is 27.4 Å². The minimum atomic E-state index is -0.544. The van der Waals surface area contributed by atoms with E-state index >= 15 is 0 Å². The van der Waals surface area contributed by atoms with Gasteiger partial charge in [0.2, 0.25) is 5.75 Å². The smallest absolute Gasteiger partial charge is 0.203 e. The summed E-state index contributed by atoms with van der Waals surface area (Å²) in [7, 11) is 4.64. The van der Waals surface area contributed by atoms with E-state index in [1.54, 1.807) is 33.5 Å². The molecule has 0 radical (unpaired) electrons. The lowest BCUT2D eigenvalue weighted by Gasteiger charge is -2.14. The molecule has 0 fully saturated rings. The lowest BCUT2D eigenvalue weighted by molar-refractivity contribution is 0.323. The van der Waals surface area contributed by atoms with Gasteiger partial charge in [0.05, 0.1) is 33.4 Å². The first-order valence-corrected chi connectivity index (χ1v) is 5.10. The largest absolute Gasteiger partial charge is 0.493 e. The molecule has 0 saturated heterocycles. The second kappa shape index (κ2) is 5.97. The van der Waals surface area contributed by atoms with E-state index in [0.29, 0.717) is 23.7 Å². The fourth-order valence-electron chi connectivity index (χ4n) is 1.55. The SMILES string of the molecule is COc1cc(CC(N)C#N)cc(OC)c1OC. The maximum atomic E-state index is 8.69. The highest BCUT2D eigenvalue weighted by Gasteiger charge is 2.14. The van der Waals surface area contributed by atoms with Crippen LogP contribution in [0.3, 0.4) is 0 Å². The average Bonchev–Trinajstić information content (AvgIpc) is 2.37. The standard InChI is InChI=1S/C12H16N2O3/c1-15-10-5-8(4-9(14)7-13)6-11(16-2)12(10)17-3/h5-6,9H,4,14H2,1-3H3. The summed E-state index contributed by atoms with van der Waals surface area (Å²) in [6, 6.07) is 5.02. The van der Waals surface area contributed by atoms with Gasteiger partial charge in [0, 0.05) is 6.42 Å². The first kappa shape index (κ1) is 13.1. The highest BCUT2D eigenvalue weighted by molar-refractivity contribution is 5.54. The van der Waals surface area contributed by atoms with Crippen LogP contribution in [-0.2, 0) is 6.42 Å². The van der Waals surface area contributed by atoms with Gasteiger partial charge in [-0.05, 0) is 17.7 Å². The Hall–Kier alpha value is -1.93. The number of nitrogens with zero attached hydrogens (tertiary/aromatic N) is 1. The van der Waals surface area contributed by atoms with Gasteiger partial charge in [-0.15, -0.1) is 0 Å². The fourth-order valence-corrected chi connectivity index (χ4v) is 1.55. The average molecular weight is 236 g/mol. The zero-order chi connectivity index (χ0) is 12.8. The molecule has 0 aliphatic rings. The van der Waals surface area contributed by atoms with Crippen molar-refractivity contribution in [1.82, 2.24) is 0 Å². The van der Waals surface area contributed by atoms with E-state index in [1.165, 1.54) is 0 Å². The molecule has 0 spiro atoms. The summed E-state index contributed by atoms with van der Waals surface area (Å²) in [6.45, 7) is 0. The minimum absolute atomic E-state index is 0.438. The summed E-state index contributed by atoms with van der Waals surface area (Å²) < 4.78 is 15.6.